The van der Waals surface area contributed by atoms with E-state index in [9.17, 15) is 4.79 Å². The number of aryl methyl sites for hydroxylation is 1. The lowest BCUT2D eigenvalue weighted by molar-refractivity contribution is -0.120. The molecule has 1 atom stereocenters. The highest BCUT2D eigenvalue weighted by molar-refractivity contribution is 5.97. The Hall–Kier alpha value is -2.28. The van der Waals surface area contributed by atoms with Gasteiger partial charge in [0.2, 0.25) is 5.91 Å². The zero-order valence-electron chi connectivity index (χ0n) is 11.8. The Morgan fingerprint density at radius 3 is 2.85 bits per heavy atom. The van der Waals surface area contributed by atoms with Crippen LogP contribution in [0.4, 0.5) is 5.69 Å². The minimum atomic E-state index is -0.889. The molecule has 0 radical (unpaired) electrons. The molecule has 3 N–H and O–H groups in total. The first-order valence-electron chi connectivity index (χ1n) is 6.38. The fraction of sp³-hybridized carbons (Fsp3) is 0.385. The number of carbonyl (C=O) groups is 1. The van der Waals surface area contributed by atoms with Crippen LogP contribution in [0.5, 0.6) is 0 Å². The van der Waals surface area contributed by atoms with Gasteiger partial charge in [-0.15, -0.1) is 5.10 Å². The molecule has 0 saturated carbocycles. The minimum Gasteiger partial charge on any atom is -0.324 e. The van der Waals surface area contributed by atoms with Gasteiger partial charge in [0, 0.05) is 5.69 Å². The molecule has 0 aliphatic carbocycles. The van der Waals surface area contributed by atoms with Crippen molar-refractivity contribution in [2.45, 2.75) is 32.7 Å². The molecule has 1 aromatic heterocycles. The van der Waals surface area contributed by atoms with E-state index in [-0.39, 0.29) is 5.91 Å². The number of hydrogen-bond donors (Lipinski definition) is 2. The zero-order valence-corrected chi connectivity index (χ0v) is 11.8. The number of benzene rings is 1. The number of hydrogen-bond acceptors (Lipinski definition) is 5. The van der Waals surface area contributed by atoms with E-state index >= 15 is 0 Å². The Labute approximate surface area is 117 Å². The number of anilines is 1. The van der Waals surface area contributed by atoms with Gasteiger partial charge < -0.3 is 11.1 Å². The summed E-state index contributed by atoms with van der Waals surface area (Å²) in [5.41, 5.74) is 7.50. The number of rotatable bonds is 4. The summed E-state index contributed by atoms with van der Waals surface area (Å²) in [4.78, 5) is 12.1. The maximum absolute atomic E-state index is 12.1. The molecule has 7 nitrogen and oxygen atoms in total. The van der Waals surface area contributed by atoms with Crippen molar-refractivity contribution in [3.05, 3.63) is 30.1 Å². The maximum Gasteiger partial charge on any atom is 0.244 e. The van der Waals surface area contributed by atoms with Gasteiger partial charge in [-0.05, 0) is 48.4 Å². The molecule has 2 rings (SSSR count). The third-order valence-electron chi connectivity index (χ3n) is 3.32. The van der Waals surface area contributed by atoms with Gasteiger partial charge in [0.1, 0.15) is 6.33 Å². The summed E-state index contributed by atoms with van der Waals surface area (Å²) >= 11 is 0. The van der Waals surface area contributed by atoms with Gasteiger partial charge >= 0.3 is 0 Å². The van der Waals surface area contributed by atoms with Gasteiger partial charge in [0.25, 0.3) is 0 Å². The largest absolute Gasteiger partial charge is 0.324 e. The van der Waals surface area contributed by atoms with Crippen LogP contribution in [0.15, 0.2) is 24.5 Å². The standard InChI is InChI=1S/C13H18N6O/c1-4-13(3,14)12(20)16-10-6-5-9(2)11(7-10)19-8-15-17-18-19/h5-8H,4,14H2,1-3H3,(H,16,20). The van der Waals surface area contributed by atoms with Gasteiger partial charge in [-0.25, -0.2) is 4.68 Å². The number of aromatic nitrogens is 4. The Bertz CT molecular complexity index is 605. The first kappa shape index (κ1) is 14.1. The van der Waals surface area contributed by atoms with Crippen LogP contribution in [0.1, 0.15) is 25.8 Å². The molecule has 2 aromatic rings. The van der Waals surface area contributed by atoms with Gasteiger partial charge in [-0.2, -0.15) is 0 Å². The fourth-order valence-electron chi connectivity index (χ4n) is 1.64. The van der Waals surface area contributed by atoms with Gasteiger partial charge in [-0.1, -0.05) is 13.0 Å². The molecule has 0 spiro atoms. The van der Waals surface area contributed by atoms with Crippen LogP contribution in [-0.2, 0) is 4.79 Å². The van der Waals surface area contributed by atoms with E-state index in [2.05, 4.69) is 20.8 Å². The SMILES string of the molecule is CCC(C)(N)C(=O)Nc1ccc(C)c(-n2cnnn2)c1. The fourth-order valence-corrected chi connectivity index (χ4v) is 1.64. The van der Waals surface area contributed by atoms with E-state index in [0.717, 1.165) is 11.3 Å². The smallest absolute Gasteiger partial charge is 0.244 e. The molecular formula is C13H18N6O. The second kappa shape index (κ2) is 5.38. The van der Waals surface area contributed by atoms with Crippen molar-refractivity contribution in [1.29, 1.82) is 0 Å². The molecule has 1 aromatic carbocycles. The third kappa shape index (κ3) is 2.83. The molecule has 106 valence electrons. The Kier molecular flexibility index (Phi) is 3.80. The van der Waals surface area contributed by atoms with Crippen molar-refractivity contribution in [2.24, 2.45) is 5.73 Å². The summed E-state index contributed by atoms with van der Waals surface area (Å²) in [5.74, 6) is -0.216. The molecule has 0 saturated heterocycles. The Morgan fingerprint density at radius 2 is 2.25 bits per heavy atom. The zero-order chi connectivity index (χ0) is 14.8. The Morgan fingerprint density at radius 1 is 1.50 bits per heavy atom. The molecule has 1 heterocycles. The molecule has 0 bridgehead atoms. The molecule has 20 heavy (non-hydrogen) atoms. The average molecular weight is 274 g/mol. The summed E-state index contributed by atoms with van der Waals surface area (Å²) in [6.45, 7) is 5.53. The van der Waals surface area contributed by atoms with Crippen LogP contribution < -0.4 is 11.1 Å². The highest BCUT2D eigenvalue weighted by atomic mass is 16.2. The van der Waals surface area contributed by atoms with E-state index in [1.807, 2.05) is 32.0 Å². The van der Waals surface area contributed by atoms with E-state index in [0.29, 0.717) is 12.1 Å². The van der Waals surface area contributed by atoms with E-state index in [1.54, 1.807) is 11.6 Å². The van der Waals surface area contributed by atoms with Crippen LogP contribution in [0.25, 0.3) is 5.69 Å². The molecular weight excluding hydrogens is 256 g/mol. The molecule has 0 fully saturated rings. The van der Waals surface area contributed by atoms with Crippen molar-refractivity contribution in [3.63, 3.8) is 0 Å². The number of carbonyl (C=O) groups excluding carboxylic acids is 1. The normalized spacial score (nSPS) is 13.8. The van der Waals surface area contributed by atoms with Gasteiger partial charge in [0.15, 0.2) is 0 Å². The number of nitrogens with two attached hydrogens (primary N) is 1. The van der Waals surface area contributed by atoms with E-state index in [1.165, 1.54) is 6.33 Å². The van der Waals surface area contributed by atoms with Crippen molar-refractivity contribution >= 4 is 11.6 Å². The monoisotopic (exact) mass is 274 g/mol. The van der Waals surface area contributed by atoms with Crippen molar-refractivity contribution < 1.29 is 4.79 Å². The lowest BCUT2D eigenvalue weighted by Gasteiger charge is -2.21. The van der Waals surface area contributed by atoms with Crippen molar-refractivity contribution in [1.82, 2.24) is 20.2 Å². The molecule has 1 unspecified atom stereocenters. The van der Waals surface area contributed by atoms with Crippen LogP contribution in [-0.4, -0.2) is 31.7 Å². The average Bonchev–Trinajstić information content (AvgIpc) is 2.94. The lowest BCUT2D eigenvalue weighted by atomic mass is 9.99. The van der Waals surface area contributed by atoms with Crippen LogP contribution in [0.2, 0.25) is 0 Å². The molecule has 7 heteroatoms. The highest BCUT2D eigenvalue weighted by Gasteiger charge is 2.26. The first-order chi connectivity index (χ1) is 9.44. The number of tetrazole rings is 1. The maximum atomic E-state index is 12.1. The summed E-state index contributed by atoms with van der Waals surface area (Å²) in [5, 5.41) is 13.9. The number of nitrogens with zero attached hydrogens (tertiary/aromatic N) is 4. The number of amides is 1. The topological polar surface area (TPSA) is 98.7 Å². The second-order valence-electron chi connectivity index (χ2n) is 4.98. The van der Waals surface area contributed by atoms with Crippen LogP contribution in [0.3, 0.4) is 0 Å². The highest BCUT2D eigenvalue weighted by Crippen LogP contribution is 2.19. The van der Waals surface area contributed by atoms with Gasteiger partial charge in [0.05, 0.1) is 11.2 Å². The molecule has 0 aliphatic heterocycles. The summed E-state index contributed by atoms with van der Waals surface area (Å²) in [7, 11) is 0. The molecule has 0 aliphatic rings. The minimum absolute atomic E-state index is 0.216. The molecule has 1 amide bonds. The second-order valence-corrected chi connectivity index (χ2v) is 4.98. The summed E-state index contributed by atoms with van der Waals surface area (Å²) in [6.07, 6.45) is 2.07. The number of nitrogens with one attached hydrogen (secondary N) is 1. The third-order valence-corrected chi connectivity index (χ3v) is 3.32. The van der Waals surface area contributed by atoms with Gasteiger partial charge in [-0.3, -0.25) is 4.79 Å². The first-order valence-corrected chi connectivity index (χ1v) is 6.38. The lowest BCUT2D eigenvalue weighted by Crippen LogP contribution is -2.47. The quantitative estimate of drug-likeness (QED) is 0.867. The predicted molar refractivity (Wildman–Crippen MR) is 75.4 cm³/mol. The van der Waals surface area contributed by atoms with E-state index in [4.69, 9.17) is 5.73 Å². The van der Waals surface area contributed by atoms with E-state index < -0.39 is 5.54 Å². The van der Waals surface area contributed by atoms with Crippen molar-refractivity contribution in [3.8, 4) is 5.69 Å². The van der Waals surface area contributed by atoms with Crippen molar-refractivity contribution in [2.75, 3.05) is 5.32 Å². The van der Waals surface area contributed by atoms with Crippen LogP contribution in [0, 0.1) is 6.92 Å². The predicted octanol–water partition coefficient (Wildman–Crippen LogP) is 1.04. The van der Waals surface area contributed by atoms with Crippen LogP contribution >= 0.6 is 0 Å². The summed E-state index contributed by atoms with van der Waals surface area (Å²) < 4.78 is 1.55. The Balaban J connectivity index is 2.27. The summed E-state index contributed by atoms with van der Waals surface area (Å²) in [6, 6.07) is 5.54.